The minimum atomic E-state index is -0.648. The van der Waals surface area contributed by atoms with Crippen molar-refractivity contribution in [2.24, 2.45) is 0 Å². The van der Waals surface area contributed by atoms with E-state index in [0.717, 1.165) is 29.9 Å². The first kappa shape index (κ1) is 14.2. The Labute approximate surface area is 115 Å². The van der Waals surface area contributed by atoms with Crippen LogP contribution in [0.1, 0.15) is 30.1 Å². The highest BCUT2D eigenvalue weighted by Crippen LogP contribution is 2.15. The van der Waals surface area contributed by atoms with E-state index in [0.29, 0.717) is 18.2 Å². The molecule has 1 fully saturated rings. The molecule has 19 heavy (non-hydrogen) atoms. The number of hydrogen-bond acceptors (Lipinski definition) is 4. The number of nitrogens with zero attached hydrogens (tertiary/aromatic N) is 1. The molecule has 4 nitrogen and oxygen atoms in total. The van der Waals surface area contributed by atoms with E-state index in [1.54, 1.807) is 24.3 Å². The lowest BCUT2D eigenvalue weighted by atomic mass is 10.1. The Bertz CT molecular complexity index is 471. The Morgan fingerprint density at radius 2 is 2.00 bits per heavy atom. The van der Waals surface area contributed by atoms with Crippen molar-refractivity contribution < 1.29 is 9.32 Å². The zero-order chi connectivity index (χ0) is 13.7. The molecule has 1 heterocycles. The van der Waals surface area contributed by atoms with E-state index in [1.165, 1.54) is 0 Å². The van der Waals surface area contributed by atoms with Crippen LogP contribution in [-0.4, -0.2) is 33.4 Å². The first-order valence-corrected chi connectivity index (χ1v) is 7.94. The molecule has 0 aliphatic carbocycles. The van der Waals surface area contributed by atoms with Crippen molar-refractivity contribution in [3.63, 3.8) is 0 Å². The lowest BCUT2D eigenvalue weighted by molar-refractivity contribution is 0.168. The second kappa shape index (κ2) is 6.80. The Hall–Kier alpha value is -1.22. The van der Waals surface area contributed by atoms with Gasteiger partial charge in [-0.2, -0.15) is 5.26 Å². The molecule has 1 atom stereocenters. The van der Waals surface area contributed by atoms with E-state index >= 15 is 0 Å². The van der Waals surface area contributed by atoms with Gasteiger partial charge in [0.05, 0.1) is 17.7 Å². The van der Waals surface area contributed by atoms with Gasteiger partial charge in [0.25, 0.3) is 0 Å². The standard InChI is InChI=1S/C14H18N2O2S/c15-9-11-1-3-12(4-2-11)14(17)10-16-13-5-7-19(18)8-6-13/h1-4,13-14,16-17H,5-8,10H2. The Balaban J connectivity index is 1.82. The molecule has 1 aliphatic heterocycles. The molecule has 5 heteroatoms. The van der Waals surface area contributed by atoms with Crippen molar-refractivity contribution in [2.45, 2.75) is 25.0 Å². The van der Waals surface area contributed by atoms with E-state index in [-0.39, 0.29) is 0 Å². The summed E-state index contributed by atoms with van der Waals surface area (Å²) in [6, 6.07) is 9.39. The van der Waals surface area contributed by atoms with Crippen molar-refractivity contribution in [3.8, 4) is 6.07 Å². The summed E-state index contributed by atoms with van der Waals surface area (Å²) in [6.45, 7) is 0.489. The quantitative estimate of drug-likeness (QED) is 0.865. The summed E-state index contributed by atoms with van der Waals surface area (Å²) in [5, 5.41) is 22.1. The lowest BCUT2D eigenvalue weighted by Crippen LogP contribution is -2.37. The maximum Gasteiger partial charge on any atom is 0.0991 e. The predicted octanol–water partition coefficient (Wildman–Crippen LogP) is 1.09. The molecule has 0 radical (unpaired) electrons. The minimum Gasteiger partial charge on any atom is -0.387 e. The van der Waals surface area contributed by atoms with Gasteiger partial charge in [0, 0.05) is 34.9 Å². The van der Waals surface area contributed by atoms with Crippen LogP contribution in [0.5, 0.6) is 0 Å². The van der Waals surface area contributed by atoms with Gasteiger partial charge in [-0.15, -0.1) is 0 Å². The molecule has 1 unspecified atom stereocenters. The Kier molecular flexibility index (Phi) is 5.08. The predicted molar refractivity (Wildman–Crippen MR) is 75.0 cm³/mol. The van der Waals surface area contributed by atoms with Crippen LogP contribution < -0.4 is 5.32 Å². The SMILES string of the molecule is N#Cc1ccc(C(O)CNC2CCS(=O)CC2)cc1. The fraction of sp³-hybridized carbons (Fsp3) is 0.500. The molecular formula is C14H18N2O2S. The van der Waals surface area contributed by atoms with E-state index in [4.69, 9.17) is 5.26 Å². The zero-order valence-electron chi connectivity index (χ0n) is 10.7. The molecule has 2 rings (SSSR count). The van der Waals surface area contributed by atoms with Gasteiger partial charge in [0.2, 0.25) is 0 Å². The topological polar surface area (TPSA) is 73.1 Å². The summed E-state index contributed by atoms with van der Waals surface area (Å²) < 4.78 is 11.2. The first-order valence-electron chi connectivity index (χ1n) is 6.45. The fourth-order valence-corrected chi connectivity index (χ4v) is 3.47. The summed E-state index contributed by atoms with van der Waals surface area (Å²) in [7, 11) is -0.648. The van der Waals surface area contributed by atoms with Crippen LogP contribution in [0.2, 0.25) is 0 Å². The smallest absolute Gasteiger partial charge is 0.0991 e. The van der Waals surface area contributed by atoms with Crippen molar-refractivity contribution in [1.29, 1.82) is 5.26 Å². The van der Waals surface area contributed by atoms with Gasteiger partial charge in [0.1, 0.15) is 0 Å². The lowest BCUT2D eigenvalue weighted by Gasteiger charge is -2.24. The number of rotatable bonds is 4. The summed E-state index contributed by atoms with van der Waals surface area (Å²) in [4.78, 5) is 0. The largest absolute Gasteiger partial charge is 0.387 e. The number of nitriles is 1. The molecule has 0 aromatic heterocycles. The molecule has 0 amide bonds. The third-order valence-corrected chi connectivity index (χ3v) is 4.79. The van der Waals surface area contributed by atoms with Crippen molar-refractivity contribution >= 4 is 10.8 Å². The summed E-state index contributed by atoms with van der Waals surface area (Å²) in [5.74, 6) is 1.51. The van der Waals surface area contributed by atoms with E-state index in [1.807, 2.05) is 0 Å². The molecule has 102 valence electrons. The second-order valence-corrected chi connectivity index (χ2v) is 6.48. The molecule has 1 aromatic rings. The van der Waals surface area contributed by atoms with Gasteiger partial charge in [-0.05, 0) is 30.5 Å². The van der Waals surface area contributed by atoms with E-state index in [2.05, 4.69) is 11.4 Å². The highest BCUT2D eigenvalue weighted by atomic mass is 32.2. The number of nitrogens with one attached hydrogen (secondary N) is 1. The Morgan fingerprint density at radius 3 is 2.58 bits per heavy atom. The average molecular weight is 278 g/mol. The first-order chi connectivity index (χ1) is 9.19. The third kappa shape index (κ3) is 4.13. The molecular weight excluding hydrogens is 260 g/mol. The van der Waals surface area contributed by atoms with Crippen LogP contribution in [0, 0.1) is 11.3 Å². The maximum absolute atomic E-state index is 11.2. The average Bonchev–Trinajstić information content (AvgIpc) is 2.46. The van der Waals surface area contributed by atoms with Crippen LogP contribution in [0.3, 0.4) is 0 Å². The highest BCUT2D eigenvalue weighted by molar-refractivity contribution is 7.85. The number of aliphatic hydroxyl groups excluding tert-OH is 1. The van der Waals surface area contributed by atoms with Gasteiger partial charge >= 0.3 is 0 Å². The third-order valence-electron chi connectivity index (χ3n) is 3.41. The fourth-order valence-electron chi connectivity index (χ4n) is 2.17. The molecule has 2 N–H and O–H groups in total. The number of aliphatic hydroxyl groups is 1. The monoisotopic (exact) mass is 278 g/mol. The maximum atomic E-state index is 11.2. The number of hydrogen-bond donors (Lipinski definition) is 2. The zero-order valence-corrected chi connectivity index (χ0v) is 11.5. The molecule has 0 saturated carbocycles. The van der Waals surface area contributed by atoms with Gasteiger partial charge in [0.15, 0.2) is 0 Å². The summed E-state index contributed by atoms with van der Waals surface area (Å²) in [6.07, 6.45) is 1.25. The molecule has 0 spiro atoms. The summed E-state index contributed by atoms with van der Waals surface area (Å²) in [5.41, 5.74) is 1.41. The van der Waals surface area contributed by atoms with Gasteiger partial charge in [-0.25, -0.2) is 0 Å². The minimum absolute atomic E-state index is 0.353. The van der Waals surface area contributed by atoms with Crippen LogP contribution in [0.15, 0.2) is 24.3 Å². The van der Waals surface area contributed by atoms with Gasteiger partial charge < -0.3 is 10.4 Å². The number of benzene rings is 1. The normalized spacial score (nSPS) is 24.6. The van der Waals surface area contributed by atoms with Crippen LogP contribution in [-0.2, 0) is 10.8 Å². The Morgan fingerprint density at radius 1 is 1.37 bits per heavy atom. The molecule has 1 saturated heterocycles. The van der Waals surface area contributed by atoms with Crippen LogP contribution >= 0.6 is 0 Å². The molecule has 0 bridgehead atoms. The van der Waals surface area contributed by atoms with Crippen molar-refractivity contribution in [3.05, 3.63) is 35.4 Å². The van der Waals surface area contributed by atoms with Crippen LogP contribution in [0.25, 0.3) is 0 Å². The van der Waals surface area contributed by atoms with Gasteiger partial charge in [-0.1, -0.05) is 12.1 Å². The van der Waals surface area contributed by atoms with Crippen LogP contribution in [0.4, 0.5) is 0 Å². The van der Waals surface area contributed by atoms with E-state index < -0.39 is 16.9 Å². The van der Waals surface area contributed by atoms with Gasteiger partial charge in [-0.3, -0.25) is 4.21 Å². The molecule has 1 aliphatic rings. The van der Waals surface area contributed by atoms with Crippen molar-refractivity contribution in [1.82, 2.24) is 5.32 Å². The molecule has 1 aromatic carbocycles. The van der Waals surface area contributed by atoms with Crippen molar-refractivity contribution in [2.75, 3.05) is 18.1 Å². The summed E-state index contributed by atoms with van der Waals surface area (Å²) >= 11 is 0. The second-order valence-electron chi connectivity index (χ2n) is 4.78. The van der Waals surface area contributed by atoms with E-state index in [9.17, 15) is 9.32 Å². The highest BCUT2D eigenvalue weighted by Gasteiger charge is 2.18.